The number of alkyl halides is 3. The van der Waals surface area contributed by atoms with E-state index in [1.807, 2.05) is 4.90 Å². The maximum absolute atomic E-state index is 13.3. The number of amides is 2. The van der Waals surface area contributed by atoms with Gasteiger partial charge in [-0.3, -0.25) is 9.59 Å². The summed E-state index contributed by atoms with van der Waals surface area (Å²) in [6, 6.07) is 8.20. The van der Waals surface area contributed by atoms with Crippen molar-refractivity contribution in [1.29, 1.82) is 0 Å². The molecule has 0 spiro atoms. The van der Waals surface area contributed by atoms with Crippen LogP contribution in [-0.4, -0.2) is 48.0 Å². The van der Waals surface area contributed by atoms with Gasteiger partial charge in [-0.25, -0.2) is 4.98 Å². The molecule has 1 N–H and O–H groups in total. The number of anilines is 1. The molecule has 2 amide bonds. The Morgan fingerprint density at radius 1 is 1.06 bits per heavy atom. The fourth-order valence-corrected chi connectivity index (χ4v) is 3.80. The highest BCUT2D eigenvalue weighted by molar-refractivity contribution is 5.96. The van der Waals surface area contributed by atoms with Gasteiger partial charge in [-0.05, 0) is 37.1 Å². The number of rotatable bonds is 8. The van der Waals surface area contributed by atoms with Crippen molar-refractivity contribution in [2.75, 3.05) is 31.2 Å². The summed E-state index contributed by atoms with van der Waals surface area (Å²) in [4.78, 5) is 32.7. The Morgan fingerprint density at radius 2 is 1.85 bits per heavy atom. The molecule has 1 aliphatic rings. The minimum absolute atomic E-state index is 0.126. The maximum Gasteiger partial charge on any atom is 0.417 e. The van der Waals surface area contributed by atoms with Gasteiger partial charge in [0.25, 0.3) is 11.8 Å². The van der Waals surface area contributed by atoms with Gasteiger partial charge in [-0.15, -0.1) is 0 Å². The van der Waals surface area contributed by atoms with Crippen molar-refractivity contribution in [3.8, 4) is 0 Å². The van der Waals surface area contributed by atoms with Gasteiger partial charge in [0.2, 0.25) is 0 Å². The van der Waals surface area contributed by atoms with E-state index in [4.69, 9.17) is 0 Å². The van der Waals surface area contributed by atoms with Gasteiger partial charge in [-0.1, -0.05) is 38.3 Å². The van der Waals surface area contributed by atoms with Gasteiger partial charge < -0.3 is 15.1 Å². The lowest BCUT2D eigenvalue weighted by atomic mass is 10.1. The van der Waals surface area contributed by atoms with Crippen molar-refractivity contribution in [2.24, 2.45) is 0 Å². The van der Waals surface area contributed by atoms with Gasteiger partial charge in [0, 0.05) is 25.8 Å². The SMILES string of the molecule is CCCCCCNC(=O)c1ccc(N2CCCN(C(=O)c3ccccc3C(F)(F)F)C2)nc1. The van der Waals surface area contributed by atoms with E-state index in [1.165, 1.54) is 29.3 Å². The summed E-state index contributed by atoms with van der Waals surface area (Å²) >= 11 is 0. The summed E-state index contributed by atoms with van der Waals surface area (Å²) in [6.45, 7) is 3.84. The van der Waals surface area contributed by atoms with Gasteiger partial charge in [-0.2, -0.15) is 13.2 Å². The number of hydrogen-bond donors (Lipinski definition) is 1. The average Bonchev–Trinajstić information content (AvgIpc) is 2.83. The minimum atomic E-state index is -4.60. The number of nitrogens with one attached hydrogen (secondary N) is 1. The van der Waals surface area contributed by atoms with E-state index in [2.05, 4.69) is 17.2 Å². The third-order valence-electron chi connectivity index (χ3n) is 5.60. The first kappa shape index (κ1) is 24.5. The standard InChI is InChI=1S/C24H29F3N4O2/c1-2-3-4-7-13-28-22(32)18-11-12-21(29-16-18)30-14-8-15-31(17-30)23(33)19-9-5-6-10-20(19)24(25,26)27/h5-6,9-12,16H,2-4,7-8,13-15,17H2,1H3,(H,28,32). The fraction of sp³-hybridized carbons (Fsp3) is 0.458. The summed E-state index contributed by atoms with van der Waals surface area (Å²) in [7, 11) is 0. The fourth-order valence-electron chi connectivity index (χ4n) is 3.80. The molecule has 0 radical (unpaired) electrons. The third-order valence-corrected chi connectivity index (χ3v) is 5.60. The van der Waals surface area contributed by atoms with E-state index in [0.29, 0.717) is 37.4 Å². The quantitative estimate of drug-likeness (QED) is 0.577. The number of halogens is 3. The second-order valence-corrected chi connectivity index (χ2v) is 8.09. The van der Waals surface area contributed by atoms with Crippen molar-refractivity contribution in [3.05, 3.63) is 59.3 Å². The summed E-state index contributed by atoms with van der Waals surface area (Å²) in [5.74, 6) is -0.285. The van der Waals surface area contributed by atoms with Crippen LogP contribution in [0.1, 0.15) is 65.3 Å². The molecule has 3 rings (SSSR count). The van der Waals surface area contributed by atoms with Crippen molar-refractivity contribution >= 4 is 17.6 Å². The van der Waals surface area contributed by atoms with Gasteiger partial charge in [0.1, 0.15) is 5.82 Å². The molecular formula is C24H29F3N4O2. The molecule has 2 aromatic rings. The smallest absolute Gasteiger partial charge is 0.352 e. The number of nitrogens with zero attached hydrogens (tertiary/aromatic N) is 3. The summed E-state index contributed by atoms with van der Waals surface area (Å²) in [5.41, 5.74) is -0.848. The van der Waals surface area contributed by atoms with Crippen LogP contribution < -0.4 is 10.2 Å². The highest BCUT2D eigenvalue weighted by atomic mass is 19.4. The largest absolute Gasteiger partial charge is 0.417 e. The summed E-state index contributed by atoms with van der Waals surface area (Å²) in [5, 5.41) is 2.88. The minimum Gasteiger partial charge on any atom is -0.352 e. The van der Waals surface area contributed by atoms with E-state index in [0.717, 1.165) is 31.7 Å². The Bertz CT molecular complexity index is 947. The predicted octanol–water partition coefficient (Wildman–Crippen LogP) is 4.72. The summed E-state index contributed by atoms with van der Waals surface area (Å²) in [6.07, 6.45) is 1.76. The molecule has 33 heavy (non-hydrogen) atoms. The molecule has 1 aromatic carbocycles. The maximum atomic E-state index is 13.3. The molecule has 1 fully saturated rings. The molecule has 0 unspecified atom stereocenters. The van der Waals surface area contributed by atoms with Crippen LogP contribution in [0.3, 0.4) is 0 Å². The highest BCUT2D eigenvalue weighted by Gasteiger charge is 2.36. The Labute approximate surface area is 191 Å². The Balaban J connectivity index is 1.63. The highest BCUT2D eigenvalue weighted by Crippen LogP contribution is 2.32. The van der Waals surface area contributed by atoms with Crippen molar-refractivity contribution in [2.45, 2.75) is 45.2 Å². The van der Waals surface area contributed by atoms with Crippen LogP contribution in [0.15, 0.2) is 42.6 Å². The van der Waals surface area contributed by atoms with Crippen LogP contribution >= 0.6 is 0 Å². The molecule has 0 saturated carbocycles. The molecule has 0 aliphatic carbocycles. The average molecular weight is 463 g/mol. The molecule has 0 bridgehead atoms. The number of carbonyl (C=O) groups excluding carboxylic acids is 2. The zero-order valence-corrected chi connectivity index (χ0v) is 18.7. The van der Waals surface area contributed by atoms with E-state index >= 15 is 0 Å². The zero-order valence-electron chi connectivity index (χ0n) is 18.7. The van der Waals surface area contributed by atoms with Gasteiger partial charge >= 0.3 is 6.18 Å². The zero-order chi connectivity index (χ0) is 23.8. The number of aromatic nitrogens is 1. The second-order valence-electron chi connectivity index (χ2n) is 8.09. The van der Waals surface area contributed by atoms with E-state index < -0.39 is 17.6 Å². The van der Waals surface area contributed by atoms with E-state index in [-0.39, 0.29) is 18.1 Å². The Kier molecular flexibility index (Phi) is 8.30. The number of pyridine rings is 1. The van der Waals surface area contributed by atoms with Crippen molar-refractivity contribution in [1.82, 2.24) is 15.2 Å². The number of hydrogen-bond acceptors (Lipinski definition) is 4. The van der Waals surface area contributed by atoms with Crippen molar-refractivity contribution < 1.29 is 22.8 Å². The predicted molar refractivity (Wildman–Crippen MR) is 120 cm³/mol. The Hall–Kier alpha value is -3.10. The van der Waals surface area contributed by atoms with Crippen LogP contribution in [0.4, 0.5) is 19.0 Å². The molecular weight excluding hydrogens is 433 g/mol. The third kappa shape index (κ3) is 6.46. The van der Waals surface area contributed by atoms with Crippen LogP contribution in [0.5, 0.6) is 0 Å². The lowest BCUT2D eigenvalue weighted by Crippen LogP contribution is -2.48. The van der Waals surface area contributed by atoms with Crippen LogP contribution in [0, 0.1) is 0 Å². The first-order valence-electron chi connectivity index (χ1n) is 11.3. The summed E-state index contributed by atoms with van der Waals surface area (Å²) < 4.78 is 40.0. The molecule has 178 valence electrons. The number of carbonyl (C=O) groups is 2. The molecule has 6 nitrogen and oxygen atoms in total. The van der Waals surface area contributed by atoms with Gasteiger partial charge in [0.05, 0.1) is 23.4 Å². The molecule has 2 heterocycles. The van der Waals surface area contributed by atoms with E-state index in [1.54, 1.807) is 12.1 Å². The van der Waals surface area contributed by atoms with Crippen LogP contribution in [0.2, 0.25) is 0 Å². The monoisotopic (exact) mass is 462 g/mol. The lowest BCUT2D eigenvalue weighted by Gasteiger charge is -2.36. The van der Waals surface area contributed by atoms with Gasteiger partial charge in [0.15, 0.2) is 0 Å². The lowest BCUT2D eigenvalue weighted by molar-refractivity contribution is -0.138. The molecule has 1 aromatic heterocycles. The van der Waals surface area contributed by atoms with Crippen LogP contribution in [-0.2, 0) is 6.18 Å². The number of unbranched alkanes of at least 4 members (excludes halogenated alkanes) is 3. The normalized spacial score (nSPS) is 14.3. The first-order valence-corrected chi connectivity index (χ1v) is 11.3. The first-order chi connectivity index (χ1) is 15.8. The molecule has 9 heteroatoms. The van der Waals surface area contributed by atoms with Crippen LogP contribution in [0.25, 0.3) is 0 Å². The number of benzene rings is 1. The Morgan fingerprint density at radius 3 is 2.55 bits per heavy atom. The molecule has 0 atom stereocenters. The topological polar surface area (TPSA) is 65.5 Å². The van der Waals surface area contributed by atoms with E-state index in [9.17, 15) is 22.8 Å². The second kappa shape index (κ2) is 11.2. The molecule has 1 aliphatic heterocycles. The van der Waals surface area contributed by atoms with Crippen molar-refractivity contribution in [3.63, 3.8) is 0 Å². The molecule has 1 saturated heterocycles.